The summed E-state index contributed by atoms with van der Waals surface area (Å²) in [6, 6.07) is 84.5. The zero-order valence-electron chi connectivity index (χ0n) is 34.2. The Bertz CT molecular complexity index is 3490. The maximum Gasteiger partial charge on any atom is 0.143 e. The lowest BCUT2D eigenvalue weighted by atomic mass is 10.0. The number of thiophene rings is 1. The van der Waals surface area contributed by atoms with Crippen LogP contribution in [-0.2, 0) is 0 Å². The molecule has 0 atom stereocenters. The van der Waals surface area contributed by atoms with Gasteiger partial charge in [0.25, 0.3) is 0 Å². The van der Waals surface area contributed by atoms with Crippen molar-refractivity contribution in [1.82, 2.24) is 0 Å². The smallest absolute Gasteiger partial charge is 0.143 e. The number of fused-ring (bicyclic) bond motifs is 8. The van der Waals surface area contributed by atoms with Crippen molar-refractivity contribution in [3.05, 3.63) is 237 Å². The third-order valence-corrected chi connectivity index (χ3v) is 13.1. The van der Waals surface area contributed by atoms with Crippen LogP contribution in [0.4, 0.5) is 51.2 Å². The molecule has 0 spiro atoms. The molecule has 4 nitrogen and oxygen atoms in total. The first-order chi connectivity index (χ1) is 31.3. The summed E-state index contributed by atoms with van der Waals surface area (Å²) in [5.74, 6) is 0. The topological polar surface area (TPSA) is 22.9 Å². The summed E-state index contributed by atoms with van der Waals surface area (Å²) in [6.07, 6.45) is 0. The SMILES string of the molecule is c1ccc(N(c2ccccc2)c2ccc3sc4cc(N(c5ccccc5)c5ccc6oc7c8ccccc8ccc7c6c5N(c5ccccc5)c5ccccc5)ccc4c3c2)cc1. The lowest BCUT2D eigenvalue weighted by Gasteiger charge is -2.33. The molecular formula is C58H39N3OS. The predicted octanol–water partition coefficient (Wildman–Crippen LogP) is 17.5. The molecule has 2 aromatic heterocycles. The molecule has 0 saturated carbocycles. The van der Waals surface area contributed by atoms with E-state index in [4.69, 9.17) is 4.42 Å². The second-order valence-corrected chi connectivity index (χ2v) is 16.8. The first-order valence-corrected chi connectivity index (χ1v) is 22.1. The average Bonchev–Trinajstić information content (AvgIpc) is 3.92. The van der Waals surface area contributed by atoms with Gasteiger partial charge in [0.2, 0.25) is 0 Å². The van der Waals surface area contributed by atoms with Crippen molar-refractivity contribution in [2.75, 3.05) is 14.7 Å². The Kier molecular flexibility index (Phi) is 8.98. The second kappa shape index (κ2) is 15.4. The van der Waals surface area contributed by atoms with E-state index in [2.05, 4.69) is 251 Å². The van der Waals surface area contributed by atoms with Crippen LogP contribution in [0.2, 0.25) is 0 Å². The quantitative estimate of drug-likeness (QED) is 0.145. The Labute approximate surface area is 369 Å². The van der Waals surface area contributed by atoms with Gasteiger partial charge in [0.15, 0.2) is 0 Å². The zero-order valence-corrected chi connectivity index (χ0v) is 35.0. The number of benzene rings is 10. The fourth-order valence-corrected chi connectivity index (χ4v) is 10.3. The molecule has 0 aliphatic heterocycles. The van der Waals surface area contributed by atoms with Crippen LogP contribution < -0.4 is 14.7 Å². The van der Waals surface area contributed by atoms with E-state index in [9.17, 15) is 0 Å². The van der Waals surface area contributed by atoms with E-state index < -0.39 is 0 Å². The molecular weight excluding hydrogens is 787 g/mol. The molecule has 0 fully saturated rings. The molecule has 0 aliphatic carbocycles. The molecule has 12 rings (SSSR count). The van der Waals surface area contributed by atoms with Gasteiger partial charge < -0.3 is 19.1 Å². The van der Waals surface area contributed by atoms with Crippen molar-refractivity contribution < 1.29 is 4.42 Å². The number of anilines is 9. The first kappa shape index (κ1) is 36.7. The summed E-state index contributed by atoms with van der Waals surface area (Å²) in [4.78, 5) is 7.14. The van der Waals surface area contributed by atoms with Crippen LogP contribution >= 0.6 is 11.3 Å². The van der Waals surface area contributed by atoms with Crippen molar-refractivity contribution >= 4 is 115 Å². The van der Waals surface area contributed by atoms with Crippen molar-refractivity contribution in [1.29, 1.82) is 0 Å². The van der Waals surface area contributed by atoms with Crippen LogP contribution in [0, 0.1) is 0 Å². The highest BCUT2D eigenvalue weighted by Crippen LogP contribution is 2.52. The van der Waals surface area contributed by atoms with Crippen LogP contribution in [0.1, 0.15) is 0 Å². The minimum absolute atomic E-state index is 0.834. The highest BCUT2D eigenvalue weighted by atomic mass is 32.1. The van der Waals surface area contributed by atoms with Gasteiger partial charge in [0.05, 0.1) is 16.8 Å². The van der Waals surface area contributed by atoms with E-state index in [-0.39, 0.29) is 0 Å². The number of hydrogen-bond donors (Lipinski definition) is 0. The van der Waals surface area contributed by atoms with Crippen molar-refractivity contribution in [2.24, 2.45) is 0 Å². The molecule has 0 amide bonds. The Morgan fingerprint density at radius 2 is 0.825 bits per heavy atom. The van der Waals surface area contributed by atoms with Gasteiger partial charge in [-0.05, 0) is 115 Å². The normalized spacial score (nSPS) is 11.5. The van der Waals surface area contributed by atoms with Gasteiger partial charge in [0, 0.05) is 70.8 Å². The Morgan fingerprint density at radius 3 is 1.44 bits per heavy atom. The van der Waals surface area contributed by atoms with Crippen molar-refractivity contribution in [2.45, 2.75) is 0 Å². The second-order valence-electron chi connectivity index (χ2n) is 15.7. The number of nitrogens with zero attached hydrogens (tertiary/aromatic N) is 3. The average molecular weight is 826 g/mol. The molecule has 0 aliphatic rings. The molecule has 0 unspecified atom stereocenters. The maximum absolute atomic E-state index is 6.90. The van der Waals surface area contributed by atoms with Gasteiger partial charge in [-0.1, -0.05) is 127 Å². The molecule has 298 valence electrons. The summed E-state index contributed by atoms with van der Waals surface area (Å²) >= 11 is 1.84. The summed E-state index contributed by atoms with van der Waals surface area (Å²) in [5.41, 5.74) is 11.4. The van der Waals surface area contributed by atoms with Gasteiger partial charge in [-0.3, -0.25) is 0 Å². The lowest BCUT2D eigenvalue weighted by molar-refractivity contribution is 0.672. The van der Waals surface area contributed by atoms with Crippen LogP contribution in [0.3, 0.4) is 0 Å². The highest BCUT2D eigenvalue weighted by molar-refractivity contribution is 7.25. The van der Waals surface area contributed by atoms with Crippen LogP contribution in [0.5, 0.6) is 0 Å². The molecule has 0 N–H and O–H groups in total. The number of rotatable bonds is 9. The summed E-state index contributed by atoms with van der Waals surface area (Å²) < 4.78 is 9.37. The largest absolute Gasteiger partial charge is 0.455 e. The Hall–Kier alpha value is -8.12. The van der Waals surface area contributed by atoms with Gasteiger partial charge in [0.1, 0.15) is 11.2 Å². The number of furan rings is 1. The van der Waals surface area contributed by atoms with E-state index in [1.807, 2.05) is 11.3 Å². The predicted molar refractivity (Wildman–Crippen MR) is 268 cm³/mol. The molecule has 12 aromatic rings. The molecule has 10 aromatic carbocycles. The summed E-state index contributed by atoms with van der Waals surface area (Å²) in [6.45, 7) is 0. The van der Waals surface area contributed by atoms with Gasteiger partial charge in [-0.25, -0.2) is 0 Å². The minimum atomic E-state index is 0.834. The Balaban J connectivity index is 1.10. The van der Waals surface area contributed by atoms with Crippen LogP contribution in [0.25, 0.3) is 52.9 Å². The van der Waals surface area contributed by atoms with Crippen molar-refractivity contribution in [3.8, 4) is 0 Å². The lowest BCUT2D eigenvalue weighted by Crippen LogP contribution is -2.17. The van der Waals surface area contributed by atoms with E-state index in [1.54, 1.807) is 0 Å². The fourth-order valence-electron chi connectivity index (χ4n) is 9.17. The van der Waals surface area contributed by atoms with Gasteiger partial charge >= 0.3 is 0 Å². The van der Waals surface area contributed by atoms with E-state index in [0.29, 0.717) is 0 Å². The van der Waals surface area contributed by atoms with E-state index in [0.717, 1.165) is 83.9 Å². The molecule has 63 heavy (non-hydrogen) atoms. The molecule has 0 bridgehead atoms. The van der Waals surface area contributed by atoms with E-state index in [1.165, 1.54) is 20.2 Å². The Morgan fingerprint density at radius 1 is 0.317 bits per heavy atom. The van der Waals surface area contributed by atoms with Gasteiger partial charge in [-0.2, -0.15) is 0 Å². The van der Waals surface area contributed by atoms with Crippen LogP contribution in [0.15, 0.2) is 241 Å². The molecule has 2 heterocycles. The minimum Gasteiger partial charge on any atom is -0.455 e. The number of para-hydroxylation sites is 5. The maximum atomic E-state index is 6.90. The highest BCUT2D eigenvalue weighted by Gasteiger charge is 2.28. The zero-order chi connectivity index (χ0) is 41.7. The summed E-state index contributed by atoms with van der Waals surface area (Å²) in [5, 5.41) is 6.84. The van der Waals surface area contributed by atoms with Crippen molar-refractivity contribution in [3.63, 3.8) is 0 Å². The molecule has 5 heteroatoms. The molecule has 0 saturated heterocycles. The fraction of sp³-hybridized carbons (Fsp3) is 0. The molecule has 0 radical (unpaired) electrons. The van der Waals surface area contributed by atoms with E-state index >= 15 is 0 Å². The summed E-state index contributed by atoms with van der Waals surface area (Å²) in [7, 11) is 0. The standard InChI is InChI=1S/C58H39N3OS/c1-6-19-41(20-7-1)59(42-21-8-2-9-22-42)46-32-37-54-51(38-46)49-34-31-47(39-55(49)63-54)60(43-23-10-3-11-24-43)52-35-36-53-56(50-33-30-40-18-16-17-29-48(40)58(50)62-53)57(52)61(44-25-12-4-13-26-44)45-27-14-5-15-28-45/h1-39H. The monoisotopic (exact) mass is 825 g/mol. The third-order valence-electron chi connectivity index (χ3n) is 12.0. The van der Waals surface area contributed by atoms with Gasteiger partial charge in [-0.15, -0.1) is 11.3 Å². The first-order valence-electron chi connectivity index (χ1n) is 21.3. The number of hydrogen-bond acceptors (Lipinski definition) is 5. The third kappa shape index (κ3) is 6.37. The van der Waals surface area contributed by atoms with Crippen LogP contribution in [-0.4, -0.2) is 0 Å².